The van der Waals surface area contributed by atoms with Crippen LogP contribution in [0.25, 0.3) is 21.8 Å². The Bertz CT molecular complexity index is 921. The fourth-order valence-electron chi connectivity index (χ4n) is 2.81. The van der Waals surface area contributed by atoms with Gasteiger partial charge < -0.3 is 9.64 Å². The first-order chi connectivity index (χ1) is 12.7. The minimum Gasteiger partial charge on any atom is -0.378 e. The van der Waals surface area contributed by atoms with Crippen LogP contribution in [0.5, 0.6) is 0 Å². The van der Waals surface area contributed by atoms with Crippen LogP contribution < -0.4 is 0 Å². The van der Waals surface area contributed by atoms with Crippen LogP contribution >= 0.6 is 22.9 Å². The Morgan fingerprint density at radius 3 is 2.46 bits per heavy atom. The molecule has 0 saturated carbocycles. The van der Waals surface area contributed by atoms with E-state index in [9.17, 15) is 4.79 Å². The number of hydrogen-bond acceptors (Lipinski definition) is 5. The number of aromatic nitrogens is 2. The number of thiophene rings is 1. The molecule has 132 valence electrons. The molecule has 3 aromatic rings. The summed E-state index contributed by atoms with van der Waals surface area (Å²) in [4.78, 5) is 24.3. The first-order valence-electron chi connectivity index (χ1n) is 8.26. The van der Waals surface area contributed by atoms with Gasteiger partial charge in [-0.3, -0.25) is 9.78 Å². The quantitative estimate of drug-likeness (QED) is 0.683. The highest BCUT2D eigenvalue weighted by atomic mass is 35.5. The summed E-state index contributed by atoms with van der Waals surface area (Å²) >= 11 is 7.47. The molecule has 5 nitrogen and oxygen atoms in total. The average molecular weight is 386 g/mol. The predicted molar refractivity (Wildman–Crippen MR) is 103 cm³/mol. The molecule has 0 atom stereocenters. The number of hydrogen-bond donors (Lipinski definition) is 0. The van der Waals surface area contributed by atoms with Gasteiger partial charge in [-0.05, 0) is 24.3 Å². The number of benzene rings is 1. The van der Waals surface area contributed by atoms with Gasteiger partial charge in [-0.25, -0.2) is 4.98 Å². The monoisotopic (exact) mass is 385 g/mol. The molecule has 0 radical (unpaired) electrons. The van der Waals surface area contributed by atoms with Crippen molar-refractivity contribution in [2.24, 2.45) is 0 Å². The lowest BCUT2D eigenvalue weighted by atomic mass is 10.1. The van der Waals surface area contributed by atoms with Crippen molar-refractivity contribution < 1.29 is 9.53 Å². The van der Waals surface area contributed by atoms with E-state index in [1.54, 1.807) is 12.4 Å². The summed E-state index contributed by atoms with van der Waals surface area (Å²) in [6.07, 6.45) is 3.44. The molecular weight excluding hydrogens is 370 g/mol. The lowest BCUT2D eigenvalue weighted by Crippen LogP contribution is -2.40. The Hall–Kier alpha value is -2.28. The zero-order valence-corrected chi connectivity index (χ0v) is 15.5. The molecule has 0 unspecified atom stereocenters. The second-order valence-corrected chi connectivity index (χ2v) is 7.59. The molecule has 1 aliphatic heterocycles. The van der Waals surface area contributed by atoms with Crippen LogP contribution in [0.15, 0.2) is 48.8 Å². The Morgan fingerprint density at radius 2 is 1.77 bits per heavy atom. The van der Waals surface area contributed by atoms with E-state index in [1.807, 2.05) is 41.3 Å². The summed E-state index contributed by atoms with van der Waals surface area (Å²) in [6.45, 7) is 2.47. The summed E-state index contributed by atoms with van der Waals surface area (Å²) in [7, 11) is 0. The Kier molecular flexibility index (Phi) is 4.97. The van der Waals surface area contributed by atoms with Crippen LogP contribution in [0.1, 0.15) is 10.4 Å². The number of halogens is 1. The van der Waals surface area contributed by atoms with E-state index in [-0.39, 0.29) is 5.91 Å². The predicted octanol–water partition coefficient (Wildman–Crippen LogP) is 4.00. The summed E-state index contributed by atoms with van der Waals surface area (Å²) in [5, 5.41) is 0. The lowest BCUT2D eigenvalue weighted by Gasteiger charge is -2.26. The molecule has 1 amide bonds. The molecule has 2 aromatic heterocycles. The molecule has 0 bridgehead atoms. The van der Waals surface area contributed by atoms with Gasteiger partial charge in [-0.1, -0.05) is 23.7 Å². The number of carbonyl (C=O) groups is 1. The average Bonchev–Trinajstić information content (AvgIpc) is 3.15. The maximum absolute atomic E-state index is 12.5. The molecular formula is C19H16ClN3O2S. The number of rotatable bonds is 3. The van der Waals surface area contributed by atoms with Crippen molar-refractivity contribution in [3.63, 3.8) is 0 Å². The maximum atomic E-state index is 12.5. The van der Waals surface area contributed by atoms with Gasteiger partial charge in [-0.2, -0.15) is 0 Å². The molecule has 1 saturated heterocycles. The van der Waals surface area contributed by atoms with Gasteiger partial charge in [0, 0.05) is 24.2 Å². The standard InChI is InChI=1S/C19H16ClN3O2S/c20-18-6-5-17(26-18)16-12-21-11-15(22-16)13-1-3-14(4-2-13)19(24)23-7-9-25-10-8-23/h1-6,11-12H,7-10H2. The first kappa shape index (κ1) is 17.1. The molecule has 1 aliphatic rings. The normalized spacial score (nSPS) is 14.4. The van der Waals surface area contributed by atoms with Crippen molar-refractivity contribution in [3.8, 4) is 21.8 Å². The third-order valence-electron chi connectivity index (χ3n) is 4.19. The van der Waals surface area contributed by atoms with Crippen LogP contribution in [0.3, 0.4) is 0 Å². The lowest BCUT2D eigenvalue weighted by molar-refractivity contribution is 0.0303. The van der Waals surface area contributed by atoms with Crippen molar-refractivity contribution >= 4 is 28.8 Å². The van der Waals surface area contributed by atoms with E-state index < -0.39 is 0 Å². The smallest absolute Gasteiger partial charge is 0.254 e. The third kappa shape index (κ3) is 3.62. The van der Waals surface area contributed by atoms with Crippen LogP contribution in [0.2, 0.25) is 4.34 Å². The fourth-order valence-corrected chi connectivity index (χ4v) is 3.81. The SMILES string of the molecule is O=C(c1ccc(-c2cncc(-c3ccc(Cl)s3)n2)cc1)N1CCOCC1. The summed E-state index contributed by atoms with van der Waals surface area (Å²) in [5.41, 5.74) is 3.13. The largest absolute Gasteiger partial charge is 0.378 e. The Morgan fingerprint density at radius 1 is 1.04 bits per heavy atom. The van der Waals surface area contributed by atoms with Crippen molar-refractivity contribution in [1.29, 1.82) is 0 Å². The number of carbonyl (C=O) groups excluding carboxylic acids is 1. The van der Waals surface area contributed by atoms with Gasteiger partial charge in [0.15, 0.2) is 0 Å². The Balaban J connectivity index is 1.56. The highest BCUT2D eigenvalue weighted by Crippen LogP contribution is 2.30. The van der Waals surface area contributed by atoms with Crippen LogP contribution in [0.4, 0.5) is 0 Å². The van der Waals surface area contributed by atoms with Gasteiger partial charge in [0.25, 0.3) is 5.91 Å². The van der Waals surface area contributed by atoms with E-state index in [1.165, 1.54) is 11.3 Å². The molecule has 26 heavy (non-hydrogen) atoms. The molecule has 3 heterocycles. The number of amides is 1. The highest BCUT2D eigenvalue weighted by molar-refractivity contribution is 7.19. The summed E-state index contributed by atoms with van der Waals surface area (Å²) < 4.78 is 6.02. The van der Waals surface area contributed by atoms with Gasteiger partial charge in [0.05, 0.1) is 46.2 Å². The highest BCUT2D eigenvalue weighted by Gasteiger charge is 2.18. The molecule has 0 N–H and O–H groups in total. The summed E-state index contributed by atoms with van der Waals surface area (Å²) in [6, 6.07) is 11.3. The molecule has 1 aromatic carbocycles. The number of ether oxygens (including phenoxy) is 1. The van der Waals surface area contributed by atoms with Crippen molar-refractivity contribution in [2.75, 3.05) is 26.3 Å². The third-order valence-corrected chi connectivity index (χ3v) is 5.44. The van der Waals surface area contributed by atoms with E-state index in [4.69, 9.17) is 16.3 Å². The molecule has 7 heteroatoms. The molecule has 0 spiro atoms. The van der Waals surface area contributed by atoms with Crippen LogP contribution in [0, 0.1) is 0 Å². The van der Waals surface area contributed by atoms with Crippen molar-refractivity contribution in [2.45, 2.75) is 0 Å². The zero-order chi connectivity index (χ0) is 17.9. The second kappa shape index (κ2) is 7.53. The molecule has 4 rings (SSSR count). The van der Waals surface area contributed by atoms with Gasteiger partial charge in [-0.15, -0.1) is 11.3 Å². The molecule has 0 aliphatic carbocycles. The van der Waals surface area contributed by atoms with E-state index in [0.717, 1.165) is 26.2 Å². The van der Waals surface area contributed by atoms with Gasteiger partial charge in [0.2, 0.25) is 0 Å². The summed E-state index contributed by atoms with van der Waals surface area (Å²) in [5.74, 6) is 0.0351. The van der Waals surface area contributed by atoms with Crippen LogP contribution in [-0.2, 0) is 4.74 Å². The van der Waals surface area contributed by atoms with E-state index in [2.05, 4.69) is 9.97 Å². The van der Waals surface area contributed by atoms with Crippen molar-refractivity contribution in [1.82, 2.24) is 14.9 Å². The topological polar surface area (TPSA) is 55.3 Å². The number of nitrogens with zero attached hydrogens (tertiary/aromatic N) is 3. The second-order valence-electron chi connectivity index (χ2n) is 5.88. The first-order valence-corrected chi connectivity index (χ1v) is 9.45. The van der Waals surface area contributed by atoms with Gasteiger partial charge >= 0.3 is 0 Å². The van der Waals surface area contributed by atoms with Crippen LogP contribution in [-0.4, -0.2) is 47.1 Å². The van der Waals surface area contributed by atoms with E-state index >= 15 is 0 Å². The minimum absolute atomic E-state index is 0.0351. The van der Waals surface area contributed by atoms with E-state index in [0.29, 0.717) is 31.9 Å². The fraction of sp³-hybridized carbons (Fsp3) is 0.211. The maximum Gasteiger partial charge on any atom is 0.254 e. The zero-order valence-electron chi connectivity index (χ0n) is 13.9. The Labute approximate surface area is 160 Å². The minimum atomic E-state index is 0.0351. The van der Waals surface area contributed by atoms with Crippen molar-refractivity contribution in [3.05, 3.63) is 58.7 Å². The number of morpholine rings is 1. The molecule has 1 fully saturated rings. The van der Waals surface area contributed by atoms with Gasteiger partial charge in [0.1, 0.15) is 0 Å².